The number of anilines is 1. The first-order valence-electron chi connectivity index (χ1n) is 8.17. The van der Waals surface area contributed by atoms with E-state index < -0.39 is 5.91 Å². The summed E-state index contributed by atoms with van der Waals surface area (Å²) in [7, 11) is 0. The number of hydrogen-bond acceptors (Lipinski definition) is 6. The fourth-order valence-corrected chi connectivity index (χ4v) is 4.77. The number of thioether (sulfide) groups is 1. The average molecular weight is 491 g/mol. The molecular weight excluding hydrogens is 477 g/mol. The maximum absolute atomic E-state index is 12.4. The Labute approximate surface area is 189 Å². The van der Waals surface area contributed by atoms with Gasteiger partial charge in [-0.1, -0.05) is 52.6 Å². The molecule has 0 spiro atoms. The van der Waals surface area contributed by atoms with Gasteiger partial charge in [0, 0.05) is 18.0 Å². The number of hydrogen-bond donors (Lipinski definition) is 2. The molecule has 1 aromatic carbocycles. The highest BCUT2D eigenvalue weighted by molar-refractivity contribution is 7.99. The molecule has 0 saturated heterocycles. The lowest BCUT2D eigenvalue weighted by Gasteiger charge is -2.10. The van der Waals surface area contributed by atoms with Crippen LogP contribution in [0.3, 0.4) is 0 Å². The number of nitrogens with one attached hydrogen (secondary N) is 1. The molecule has 0 radical (unpaired) electrons. The van der Waals surface area contributed by atoms with Crippen LogP contribution in [0.1, 0.15) is 6.42 Å². The molecule has 0 bridgehead atoms. The molecule has 12 heteroatoms. The number of carbonyl (C=O) groups is 2. The van der Waals surface area contributed by atoms with Crippen molar-refractivity contribution >= 4 is 75.4 Å². The van der Waals surface area contributed by atoms with Crippen LogP contribution in [-0.4, -0.2) is 32.3 Å². The number of nitrogens with zero attached hydrogens (tertiary/aromatic N) is 3. The van der Waals surface area contributed by atoms with Crippen LogP contribution < -0.4 is 11.1 Å². The van der Waals surface area contributed by atoms with Crippen LogP contribution in [0.2, 0.25) is 15.1 Å². The molecule has 29 heavy (non-hydrogen) atoms. The highest BCUT2D eigenvalue weighted by Gasteiger charge is 2.18. The number of carbonyl (C=O) groups excluding carboxylic acids is 2. The minimum atomic E-state index is -0.434. The number of benzene rings is 1. The first-order valence-corrected chi connectivity index (χ1v) is 11.2. The molecule has 3 rings (SSSR count). The Morgan fingerprint density at radius 3 is 2.55 bits per heavy atom. The van der Waals surface area contributed by atoms with Crippen molar-refractivity contribution in [2.24, 2.45) is 5.73 Å². The quantitative estimate of drug-likeness (QED) is 0.450. The molecule has 3 N–H and O–H groups in total. The van der Waals surface area contributed by atoms with Gasteiger partial charge in [-0.15, -0.1) is 21.5 Å². The van der Waals surface area contributed by atoms with E-state index in [9.17, 15) is 9.59 Å². The fraction of sp³-hybridized carbons (Fsp3) is 0.176. The monoisotopic (exact) mass is 489 g/mol. The third-order valence-electron chi connectivity index (χ3n) is 3.64. The van der Waals surface area contributed by atoms with Crippen molar-refractivity contribution in [3.8, 4) is 10.7 Å². The second kappa shape index (κ2) is 9.82. The van der Waals surface area contributed by atoms with Gasteiger partial charge in [0.15, 0.2) is 11.0 Å². The topological polar surface area (TPSA) is 103 Å². The van der Waals surface area contributed by atoms with Gasteiger partial charge in [0.25, 0.3) is 0 Å². The number of nitrogens with two attached hydrogens (primary N) is 1. The minimum Gasteiger partial charge on any atom is -0.370 e. The summed E-state index contributed by atoms with van der Waals surface area (Å²) in [6, 6.07) is 6.78. The van der Waals surface area contributed by atoms with E-state index in [1.165, 1.54) is 35.2 Å². The van der Waals surface area contributed by atoms with Crippen LogP contribution in [-0.2, 0) is 16.1 Å². The van der Waals surface area contributed by atoms with Crippen LogP contribution in [0.4, 0.5) is 5.69 Å². The normalized spacial score (nSPS) is 10.9. The van der Waals surface area contributed by atoms with Gasteiger partial charge in [0.2, 0.25) is 11.8 Å². The summed E-state index contributed by atoms with van der Waals surface area (Å²) >= 11 is 20.7. The summed E-state index contributed by atoms with van der Waals surface area (Å²) in [4.78, 5) is 24.5. The summed E-state index contributed by atoms with van der Waals surface area (Å²) in [5.41, 5.74) is 5.57. The molecule has 2 amide bonds. The van der Waals surface area contributed by atoms with Gasteiger partial charge in [-0.05, 0) is 23.6 Å². The van der Waals surface area contributed by atoms with Gasteiger partial charge in [-0.25, -0.2) is 0 Å². The van der Waals surface area contributed by atoms with Crippen LogP contribution in [0.15, 0.2) is 34.8 Å². The molecule has 7 nitrogen and oxygen atoms in total. The average Bonchev–Trinajstić information content (AvgIpc) is 3.30. The first-order chi connectivity index (χ1) is 13.8. The second-order valence-corrected chi connectivity index (χ2v) is 8.87. The van der Waals surface area contributed by atoms with E-state index in [1.807, 2.05) is 17.5 Å². The number of primary amides is 1. The van der Waals surface area contributed by atoms with E-state index in [-0.39, 0.29) is 33.8 Å². The Balaban J connectivity index is 1.73. The molecular formula is C17H14Cl3N5O2S2. The Morgan fingerprint density at radius 1 is 1.21 bits per heavy atom. The van der Waals surface area contributed by atoms with E-state index in [1.54, 1.807) is 4.57 Å². The van der Waals surface area contributed by atoms with Crippen LogP contribution in [0.5, 0.6) is 0 Å². The second-order valence-electron chi connectivity index (χ2n) is 5.73. The predicted octanol–water partition coefficient (Wildman–Crippen LogP) is 4.57. The lowest BCUT2D eigenvalue weighted by atomic mass is 10.3. The molecule has 0 fully saturated rings. The van der Waals surface area contributed by atoms with Crippen molar-refractivity contribution in [2.75, 3.05) is 11.1 Å². The molecule has 0 aliphatic carbocycles. The fourth-order valence-electron chi connectivity index (χ4n) is 2.37. The maximum Gasteiger partial charge on any atom is 0.234 e. The van der Waals surface area contributed by atoms with Crippen molar-refractivity contribution in [3.05, 3.63) is 44.7 Å². The van der Waals surface area contributed by atoms with Gasteiger partial charge in [-0.2, -0.15) is 0 Å². The van der Waals surface area contributed by atoms with Gasteiger partial charge in [-0.3, -0.25) is 9.59 Å². The highest BCUT2D eigenvalue weighted by Crippen LogP contribution is 2.34. The summed E-state index contributed by atoms with van der Waals surface area (Å²) in [5, 5.41) is 14.3. The Kier molecular flexibility index (Phi) is 7.42. The van der Waals surface area contributed by atoms with Crippen LogP contribution in [0, 0.1) is 0 Å². The number of rotatable bonds is 8. The minimum absolute atomic E-state index is 0.0361. The Morgan fingerprint density at radius 2 is 1.93 bits per heavy atom. The van der Waals surface area contributed by atoms with E-state index in [2.05, 4.69) is 15.5 Å². The molecule has 0 atom stereocenters. The third kappa shape index (κ3) is 5.64. The van der Waals surface area contributed by atoms with Gasteiger partial charge in [0.1, 0.15) is 0 Å². The maximum atomic E-state index is 12.4. The molecule has 2 heterocycles. The highest BCUT2D eigenvalue weighted by atomic mass is 35.5. The van der Waals surface area contributed by atoms with E-state index in [4.69, 9.17) is 40.5 Å². The summed E-state index contributed by atoms with van der Waals surface area (Å²) in [6.45, 7) is 0.314. The molecule has 152 valence electrons. The lowest BCUT2D eigenvalue weighted by molar-refractivity contribution is -0.118. The molecule has 0 aliphatic rings. The van der Waals surface area contributed by atoms with E-state index in [0.29, 0.717) is 22.5 Å². The van der Waals surface area contributed by atoms with Crippen molar-refractivity contribution in [1.29, 1.82) is 0 Å². The largest absolute Gasteiger partial charge is 0.370 e. The first kappa shape index (κ1) is 21.9. The zero-order valence-electron chi connectivity index (χ0n) is 14.7. The van der Waals surface area contributed by atoms with Crippen LogP contribution in [0.25, 0.3) is 10.7 Å². The molecule has 3 aromatic rings. The number of amides is 2. The molecule has 0 saturated carbocycles. The van der Waals surface area contributed by atoms with Crippen molar-refractivity contribution in [2.45, 2.75) is 18.1 Å². The van der Waals surface area contributed by atoms with E-state index >= 15 is 0 Å². The van der Waals surface area contributed by atoms with Crippen molar-refractivity contribution in [1.82, 2.24) is 14.8 Å². The smallest absolute Gasteiger partial charge is 0.234 e. The van der Waals surface area contributed by atoms with Gasteiger partial charge in [0.05, 0.1) is 26.4 Å². The number of halogens is 3. The Bertz CT molecular complexity index is 1020. The summed E-state index contributed by atoms with van der Waals surface area (Å²) in [6.07, 6.45) is 0.131. The van der Waals surface area contributed by atoms with Gasteiger partial charge < -0.3 is 15.6 Å². The summed E-state index contributed by atoms with van der Waals surface area (Å²) in [5.74, 6) is -0.109. The number of aromatic nitrogens is 3. The number of thiophene rings is 1. The van der Waals surface area contributed by atoms with Crippen molar-refractivity contribution < 1.29 is 9.59 Å². The van der Waals surface area contributed by atoms with Crippen molar-refractivity contribution in [3.63, 3.8) is 0 Å². The van der Waals surface area contributed by atoms with E-state index in [0.717, 1.165) is 4.88 Å². The molecule has 0 unspecified atom stereocenters. The predicted molar refractivity (Wildman–Crippen MR) is 118 cm³/mol. The lowest BCUT2D eigenvalue weighted by Crippen LogP contribution is -2.17. The zero-order valence-corrected chi connectivity index (χ0v) is 18.6. The third-order valence-corrected chi connectivity index (χ3v) is 6.29. The molecule has 2 aromatic heterocycles. The Hall–Kier alpha value is -1.78. The van der Waals surface area contributed by atoms with Crippen LogP contribution >= 0.6 is 57.9 Å². The molecule has 0 aliphatic heterocycles. The zero-order chi connectivity index (χ0) is 21.0. The SMILES string of the molecule is NC(=O)CCn1c(SCC(=O)Nc2c(Cl)cc(Cl)cc2Cl)nnc1-c1cccs1. The standard InChI is InChI=1S/C17H14Cl3N5O2S2/c18-9-6-10(19)15(11(20)7-9)22-14(27)8-29-17-24-23-16(12-2-1-5-28-12)25(17)4-3-13(21)26/h1-2,5-7H,3-4,8H2,(H2,21,26)(H,22,27). The summed E-state index contributed by atoms with van der Waals surface area (Å²) < 4.78 is 1.77. The van der Waals surface area contributed by atoms with Gasteiger partial charge >= 0.3 is 0 Å².